The first-order valence-electron chi connectivity index (χ1n) is 8.92. The molecule has 6 heteroatoms. The summed E-state index contributed by atoms with van der Waals surface area (Å²) in [6.45, 7) is 2.54. The topological polar surface area (TPSA) is 66.9 Å². The molecular formula is C19H22N2O4. The normalized spacial score (nSPS) is 28.2. The number of imide groups is 1. The Hall–Kier alpha value is -2.37. The maximum atomic E-state index is 12.6. The Bertz CT molecular complexity index is 701. The molecule has 132 valence electrons. The third-order valence-corrected chi connectivity index (χ3v) is 5.49. The molecule has 0 aromatic heterocycles. The van der Waals surface area contributed by atoms with Gasteiger partial charge in [-0.05, 0) is 24.8 Å². The third kappa shape index (κ3) is 2.79. The van der Waals surface area contributed by atoms with Gasteiger partial charge in [-0.1, -0.05) is 37.3 Å². The molecular weight excluding hydrogens is 320 g/mol. The number of carbonyl (C=O) groups excluding carboxylic acids is 3. The van der Waals surface area contributed by atoms with Crippen molar-refractivity contribution in [1.29, 1.82) is 0 Å². The van der Waals surface area contributed by atoms with Crippen LogP contribution in [-0.2, 0) is 20.9 Å². The summed E-state index contributed by atoms with van der Waals surface area (Å²) in [6.07, 6.45) is 1.98. The Morgan fingerprint density at radius 3 is 2.56 bits per heavy atom. The number of rotatable bonds is 3. The van der Waals surface area contributed by atoms with Crippen molar-refractivity contribution in [1.82, 2.24) is 9.80 Å². The fourth-order valence-electron chi connectivity index (χ4n) is 4.03. The minimum absolute atomic E-state index is 0.00832. The highest BCUT2D eigenvalue weighted by Gasteiger charge is 2.56. The smallest absolute Gasteiger partial charge is 0.410 e. The maximum Gasteiger partial charge on any atom is 0.410 e. The van der Waals surface area contributed by atoms with E-state index >= 15 is 0 Å². The molecule has 0 radical (unpaired) electrons. The molecule has 0 spiro atoms. The number of hydrogen-bond donors (Lipinski definition) is 0. The molecule has 3 fully saturated rings. The van der Waals surface area contributed by atoms with Gasteiger partial charge in [0.25, 0.3) is 0 Å². The van der Waals surface area contributed by atoms with E-state index in [1.165, 1.54) is 4.90 Å². The largest absolute Gasteiger partial charge is 0.445 e. The van der Waals surface area contributed by atoms with E-state index in [1.54, 1.807) is 4.90 Å². The highest BCUT2D eigenvalue weighted by molar-refractivity contribution is 6.01. The van der Waals surface area contributed by atoms with Crippen LogP contribution in [0.25, 0.3) is 0 Å². The molecule has 25 heavy (non-hydrogen) atoms. The summed E-state index contributed by atoms with van der Waals surface area (Å²) in [5.41, 5.74) is 0.924. The molecule has 2 heterocycles. The van der Waals surface area contributed by atoms with Crippen molar-refractivity contribution < 1.29 is 19.1 Å². The Balaban J connectivity index is 1.45. The maximum absolute atomic E-state index is 12.6. The van der Waals surface area contributed by atoms with Crippen molar-refractivity contribution in [3.8, 4) is 0 Å². The molecule has 1 saturated carbocycles. The molecule has 1 aromatic rings. The van der Waals surface area contributed by atoms with Crippen molar-refractivity contribution in [2.45, 2.75) is 44.9 Å². The van der Waals surface area contributed by atoms with Gasteiger partial charge in [0.1, 0.15) is 6.61 Å². The number of fused-ring (bicyclic) bond motifs is 1. The Morgan fingerprint density at radius 2 is 1.88 bits per heavy atom. The van der Waals surface area contributed by atoms with E-state index in [0.29, 0.717) is 13.0 Å². The van der Waals surface area contributed by atoms with Crippen LogP contribution in [0.3, 0.4) is 0 Å². The molecule has 1 aromatic carbocycles. The fraction of sp³-hybridized carbons (Fsp3) is 0.526. The first-order chi connectivity index (χ1) is 12.1. The fourth-order valence-corrected chi connectivity index (χ4v) is 4.03. The van der Waals surface area contributed by atoms with Crippen LogP contribution in [0.15, 0.2) is 30.3 Å². The SMILES string of the molecule is C[C@@H]1C(=O)N(C(=O)C2CC2)[C@H]2CCN(C(=O)OCc3ccccc3)C12. The van der Waals surface area contributed by atoms with E-state index in [-0.39, 0.29) is 42.3 Å². The van der Waals surface area contributed by atoms with E-state index < -0.39 is 6.09 Å². The number of carbonyl (C=O) groups is 3. The molecule has 3 aliphatic rings. The highest BCUT2D eigenvalue weighted by Crippen LogP contribution is 2.40. The van der Waals surface area contributed by atoms with Gasteiger partial charge in [-0.2, -0.15) is 0 Å². The second-order valence-corrected chi connectivity index (χ2v) is 7.19. The monoisotopic (exact) mass is 342 g/mol. The van der Waals surface area contributed by atoms with Crippen LogP contribution in [-0.4, -0.2) is 46.3 Å². The molecule has 2 saturated heterocycles. The van der Waals surface area contributed by atoms with Crippen LogP contribution < -0.4 is 0 Å². The lowest BCUT2D eigenvalue weighted by molar-refractivity contribution is -0.145. The van der Waals surface area contributed by atoms with Gasteiger partial charge in [0.05, 0.1) is 18.0 Å². The van der Waals surface area contributed by atoms with Crippen LogP contribution >= 0.6 is 0 Å². The van der Waals surface area contributed by atoms with Crippen molar-refractivity contribution in [3.05, 3.63) is 35.9 Å². The highest BCUT2D eigenvalue weighted by atomic mass is 16.6. The molecule has 4 rings (SSSR count). The van der Waals surface area contributed by atoms with E-state index in [1.807, 2.05) is 37.3 Å². The van der Waals surface area contributed by atoms with Gasteiger partial charge in [0.15, 0.2) is 0 Å². The summed E-state index contributed by atoms with van der Waals surface area (Å²) in [5, 5.41) is 0. The van der Waals surface area contributed by atoms with Gasteiger partial charge in [-0.15, -0.1) is 0 Å². The zero-order valence-corrected chi connectivity index (χ0v) is 14.3. The van der Waals surface area contributed by atoms with Gasteiger partial charge in [0.2, 0.25) is 11.8 Å². The van der Waals surface area contributed by atoms with Gasteiger partial charge < -0.3 is 9.64 Å². The predicted molar refractivity (Wildman–Crippen MR) is 89.3 cm³/mol. The summed E-state index contributed by atoms with van der Waals surface area (Å²) in [4.78, 5) is 40.6. The zero-order valence-electron chi connectivity index (χ0n) is 14.3. The summed E-state index contributed by atoms with van der Waals surface area (Å²) in [7, 11) is 0. The average Bonchev–Trinajstić information content (AvgIpc) is 3.35. The average molecular weight is 342 g/mol. The number of nitrogens with zero attached hydrogens (tertiary/aromatic N) is 2. The zero-order chi connectivity index (χ0) is 17.6. The lowest BCUT2D eigenvalue weighted by atomic mass is 10.0. The molecule has 3 atom stereocenters. The molecule has 0 N–H and O–H groups in total. The molecule has 0 bridgehead atoms. The summed E-state index contributed by atoms with van der Waals surface area (Å²) < 4.78 is 5.43. The summed E-state index contributed by atoms with van der Waals surface area (Å²) >= 11 is 0. The van der Waals surface area contributed by atoms with Crippen LogP contribution in [0, 0.1) is 11.8 Å². The van der Waals surface area contributed by atoms with Crippen LogP contribution in [0.2, 0.25) is 0 Å². The lowest BCUT2D eigenvalue weighted by Crippen LogP contribution is -2.43. The standard InChI is InChI=1S/C19H22N2O4/c1-12-16-15(21(17(12)22)18(23)14-7-8-14)9-10-20(16)19(24)25-11-13-5-3-2-4-6-13/h2-6,12,14-16H,7-11H2,1H3/t12-,15-,16?/m0/s1. The first kappa shape index (κ1) is 16.1. The number of benzene rings is 1. The van der Waals surface area contributed by atoms with E-state index in [9.17, 15) is 14.4 Å². The Labute approximate surface area is 146 Å². The lowest BCUT2D eigenvalue weighted by Gasteiger charge is -2.25. The van der Waals surface area contributed by atoms with E-state index in [4.69, 9.17) is 4.74 Å². The number of likely N-dealkylation sites (tertiary alicyclic amines) is 2. The van der Waals surface area contributed by atoms with Gasteiger partial charge in [-0.3, -0.25) is 14.5 Å². The van der Waals surface area contributed by atoms with Gasteiger partial charge in [0, 0.05) is 12.5 Å². The third-order valence-electron chi connectivity index (χ3n) is 5.49. The Morgan fingerprint density at radius 1 is 1.16 bits per heavy atom. The minimum atomic E-state index is -0.406. The molecule has 1 unspecified atom stereocenters. The van der Waals surface area contributed by atoms with Crippen LogP contribution in [0.4, 0.5) is 4.79 Å². The summed E-state index contributed by atoms with van der Waals surface area (Å²) in [6, 6.07) is 9.05. The minimum Gasteiger partial charge on any atom is -0.445 e. The molecule has 6 nitrogen and oxygen atoms in total. The number of hydrogen-bond acceptors (Lipinski definition) is 4. The second kappa shape index (κ2) is 6.17. The number of amides is 3. The molecule has 3 amide bonds. The molecule has 1 aliphatic carbocycles. The number of ether oxygens (including phenoxy) is 1. The summed E-state index contributed by atoms with van der Waals surface area (Å²) in [5.74, 6) is -0.551. The molecule has 2 aliphatic heterocycles. The van der Waals surface area contributed by atoms with Crippen LogP contribution in [0.1, 0.15) is 31.7 Å². The van der Waals surface area contributed by atoms with Crippen molar-refractivity contribution in [2.24, 2.45) is 11.8 Å². The van der Waals surface area contributed by atoms with Gasteiger partial charge in [-0.25, -0.2) is 4.79 Å². The predicted octanol–water partition coefficient (Wildman–Crippen LogP) is 2.18. The second-order valence-electron chi connectivity index (χ2n) is 7.19. The first-order valence-corrected chi connectivity index (χ1v) is 8.92. The van der Waals surface area contributed by atoms with Crippen molar-refractivity contribution in [3.63, 3.8) is 0 Å². The van der Waals surface area contributed by atoms with E-state index in [0.717, 1.165) is 18.4 Å². The van der Waals surface area contributed by atoms with Crippen LogP contribution in [0.5, 0.6) is 0 Å². The quantitative estimate of drug-likeness (QED) is 0.790. The van der Waals surface area contributed by atoms with Gasteiger partial charge >= 0.3 is 6.09 Å². The van der Waals surface area contributed by atoms with Crippen molar-refractivity contribution >= 4 is 17.9 Å². The Kier molecular flexibility index (Phi) is 3.98. The van der Waals surface area contributed by atoms with Crippen molar-refractivity contribution in [2.75, 3.05) is 6.54 Å². The van der Waals surface area contributed by atoms with E-state index in [2.05, 4.69) is 0 Å².